The van der Waals surface area contributed by atoms with Gasteiger partial charge in [-0.3, -0.25) is 0 Å². The molecular weight excluding hydrogens is 186 g/mol. The highest BCUT2D eigenvalue weighted by molar-refractivity contribution is 5.40. The lowest BCUT2D eigenvalue weighted by molar-refractivity contribution is 0.809. The van der Waals surface area contributed by atoms with Crippen molar-refractivity contribution >= 4 is 5.82 Å². The maximum absolute atomic E-state index is 4.54. The maximum atomic E-state index is 4.54. The Balaban J connectivity index is 2.89. The van der Waals surface area contributed by atoms with Gasteiger partial charge in [0.15, 0.2) is 0 Å². The number of aromatic nitrogens is 1. The Morgan fingerprint density at radius 2 is 2.07 bits per heavy atom. The van der Waals surface area contributed by atoms with Crippen molar-refractivity contribution in [3.05, 3.63) is 23.4 Å². The largest absolute Gasteiger partial charge is 0.368 e. The Bertz CT molecular complexity index is 308. The second-order valence-corrected chi connectivity index (χ2v) is 4.03. The molecule has 0 aliphatic carbocycles. The number of nitrogens with zero attached hydrogens (tertiary/aromatic N) is 1. The summed E-state index contributed by atoms with van der Waals surface area (Å²) in [7, 11) is 1.96. The van der Waals surface area contributed by atoms with Crippen LogP contribution in [0.15, 0.2) is 12.1 Å². The van der Waals surface area contributed by atoms with Crippen molar-refractivity contribution in [2.45, 2.75) is 39.8 Å². The summed E-state index contributed by atoms with van der Waals surface area (Å²) in [6.45, 7) is 7.27. The Kier molecular flexibility index (Phi) is 4.56. The third-order valence-corrected chi connectivity index (χ3v) is 2.12. The highest BCUT2D eigenvalue weighted by Crippen LogP contribution is 2.12. The fourth-order valence-corrected chi connectivity index (χ4v) is 1.51. The molecule has 0 spiro atoms. The van der Waals surface area contributed by atoms with E-state index in [9.17, 15) is 0 Å². The van der Waals surface area contributed by atoms with E-state index in [1.807, 2.05) is 7.05 Å². The summed E-state index contributed by atoms with van der Waals surface area (Å²) in [5, 5.41) is 6.50. The van der Waals surface area contributed by atoms with E-state index in [-0.39, 0.29) is 0 Å². The Hall–Kier alpha value is -1.09. The molecule has 1 rings (SSSR count). The Morgan fingerprint density at radius 3 is 2.60 bits per heavy atom. The number of anilines is 1. The highest BCUT2D eigenvalue weighted by Gasteiger charge is 2.02. The average Bonchev–Trinajstić information content (AvgIpc) is 2.16. The van der Waals surface area contributed by atoms with Crippen LogP contribution in [0.3, 0.4) is 0 Å². The third-order valence-electron chi connectivity index (χ3n) is 2.12. The molecule has 2 N–H and O–H groups in total. The zero-order valence-corrected chi connectivity index (χ0v) is 10.1. The van der Waals surface area contributed by atoms with Crippen LogP contribution in [-0.4, -0.2) is 18.1 Å². The normalized spacial score (nSPS) is 10.7. The minimum atomic E-state index is 0.423. The fourth-order valence-electron chi connectivity index (χ4n) is 1.51. The molecule has 0 saturated carbocycles. The van der Waals surface area contributed by atoms with Crippen molar-refractivity contribution in [3.63, 3.8) is 0 Å². The van der Waals surface area contributed by atoms with Gasteiger partial charge < -0.3 is 10.6 Å². The van der Waals surface area contributed by atoms with Crippen LogP contribution < -0.4 is 10.6 Å². The van der Waals surface area contributed by atoms with Crippen LogP contribution in [-0.2, 0) is 13.0 Å². The quantitative estimate of drug-likeness (QED) is 0.777. The Labute approximate surface area is 92.3 Å². The minimum Gasteiger partial charge on any atom is -0.368 e. The zero-order valence-electron chi connectivity index (χ0n) is 10.1. The van der Waals surface area contributed by atoms with Crippen LogP contribution in [0.5, 0.6) is 0 Å². The predicted octanol–water partition coefficient (Wildman–Crippen LogP) is 2.18. The number of nitrogens with one attached hydrogen (secondary N) is 2. The van der Waals surface area contributed by atoms with E-state index in [0.717, 1.165) is 24.5 Å². The highest BCUT2D eigenvalue weighted by atomic mass is 15.0. The molecule has 0 saturated heterocycles. The van der Waals surface area contributed by atoms with Gasteiger partial charge in [0.25, 0.3) is 0 Å². The number of aryl methyl sites for hydroxylation is 1. The van der Waals surface area contributed by atoms with Crippen molar-refractivity contribution in [1.82, 2.24) is 10.3 Å². The second kappa shape index (κ2) is 5.71. The molecule has 0 radical (unpaired) electrons. The summed E-state index contributed by atoms with van der Waals surface area (Å²) in [6, 6.07) is 4.68. The summed E-state index contributed by atoms with van der Waals surface area (Å²) < 4.78 is 0. The fraction of sp³-hybridized carbons (Fsp3) is 0.583. The predicted molar refractivity (Wildman–Crippen MR) is 65.1 cm³/mol. The first-order chi connectivity index (χ1) is 7.15. The van der Waals surface area contributed by atoms with Gasteiger partial charge in [-0.25, -0.2) is 4.98 Å². The molecule has 15 heavy (non-hydrogen) atoms. The van der Waals surface area contributed by atoms with E-state index in [1.54, 1.807) is 0 Å². The summed E-state index contributed by atoms with van der Waals surface area (Å²) in [4.78, 5) is 4.54. The minimum absolute atomic E-state index is 0.423. The molecule has 0 amide bonds. The number of rotatable bonds is 5. The molecule has 0 aromatic carbocycles. The van der Waals surface area contributed by atoms with Gasteiger partial charge in [0.1, 0.15) is 5.82 Å². The molecule has 0 unspecified atom stereocenters. The lowest BCUT2D eigenvalue weighted by Gasteiger charge is -2.12. The van der Waals surface area contributed by atoms with Crippen LogP contribution in [0.4, 0.5) is 5.82 Å². The average molecular weight is 207 g/mol. The van der Waals surface area contributed by atoms with E-state index >= 15 is 0 Å². The van der Waals surface area contributed by atoms with Gasteiger partial charge >= 0.3 is 0 Å². The number of hydrogen-bond acceptors (Lipinski definition) is 3. The lowest BCUT2D eigenvalue weighted by atomic mass is 10.2. The number of hydrogen-bond donors (Lipinski definition) is 2. The van der Waals surface area contributed by atoms with E-state index < -0.39 is 0 Å². The summed E-state index contributed by atoms with van der Waals surface area (Å²) in [5.41, 5.74) is 2.43. The molecule has 3 heteroatoms. The molecule has 0 bridgehead atoms. The second-order valence-electron chi connectivity index (χ2n) is 4.03. The van der Waals surface area contributed by atoms with Crippen LogP contribution in [0.25, 0.3) is 0 Å². The van der Waals surface area contributed by atoms with Crippen LogP contribution in [0.2, 0.25) is 0 Å². The van der Waals surface area contributed by atoms with E-state index in [0.29, 0.717) is 6.04 Å². The molecule has 1 aromatic rings. The molecule has 1 aromatic heterocycles. The van der Waals surface area contributed by atoms with Crippen molar-refractivity contribution in [3.8, 4) is 0 Å². The van der Waals surface area contributed by atoms with Crippen molar-refractivity contribution in [2.24, 2.45) is 0 Å². The van der Waals surface area contributed by atoms with Gasteiger partial charge in [-0.1, -0.05) is 6.92 Å². The van der Waals surface area contributed by atoms with Crippen molar-refractivity contribution < 1.29 is 0 Å². The molecule has 0 atom stereocenters. The lowest BCUT2D eigenvalue weighted by Crippen LogP contribution is -2.13. The van der Waals surface area contributed by atoms with Crippen LogP contribution >= 0.6 is 0 Å². The van der Waals surface area contributed by atoms with Gasteiger partial charge in [0.2, 0.25) is 0 Å². The number of pyridine rings is 1. The summed E-state index contributed by atoms with van der Waals surface area (Å²) in [5.74, 6) is 0.981. The van der Waals surface area contributed by atoms with Gasteiger partial charge in [0, 0.05) is 18.3 Å². The monoisotopic (exact) mass is 207 g/mol. The SMILES string of the molecule is CCc1cc(CNC)cc(NC(C)C)n1. The van der Waals surface area contributed by atoms with E-state index in [4.69, 9.17) is 0 Å². The van der Waals surface area contributed by atoms with Gasteiger partial charge in [-0.05, 0) is 45.0 Å². The smallest absolute Gasteiger partial charge is 0.126 e. The van der Waals surface area contributed by atoms with Crippen molar-refractivity contribution in [1.29, 1.82) is 0 Å². The summed E-state index contributed by atoms with van der Waals surface area (Å²) in [6.07, 6.45) is 0.977. The van der Waals surface area contributed by atoms with E-state index in [2.05, 4.69) is 48.5 Å². The van der Waals surface area contributed by atoms with Gasteiger partial charge in [0.05, 0.1) is 0 Å². The van der Waals surface area contributed by atoms with Gasteiger partial charge in [-0.15, -0.1) is 0 Å². The molecular formula is C12H21N3. The van der Waals surface area contributed by atoms with Crippen LogP contribution in [0.1, 0.15) is 32.0 Å². The Morgan fingerprint density at radius 1 is 1.33 bits per heavy atom. The standard InChI is InChI=1S/C12H21N3/c1-5-11-6-10(8-13-4)7-12(15-11)14-9(2)3/h6-7,9,13H,5,8H2,1-4H3,(H,14,15). The van der Waals surface area contributed by atoms with Crippen molar-refractivity contribution in [2.75, 3.05) is 12.4 Å². The zero-order chi connectivity index (χ0) is 11.3. The molecule has 0 aliphatic rings. The first-order valence-electron chi connectivity index (χ1n) is 5.56. The molecule has 0 aliphatic heterocycles. The first kappa shape index (κ1) is 12.0. The summed E-state index contributed by atoms with van der Waals surface area (Å²) >= 11 is 0. The molecule has 0 fully saturated rings. The van der Waals surface area contributed by atoms with Crippen LogP contribution in [0, 0.1) is 0 Å². The maximum Gasteiger partial charge on any atom is 0.126 e. The first-order valence-corrected chi connectivity index (χ1v) is 5.56. The molecule has 1 heterocycles. The molecule has 84 valence electrons. The van der Waals surface area contributed by atoms with E-state index in [1.165, 1.54) is 5.56 Å². The topological polar surface area (TPSA) is 37.0 Å². The molecule has 3 nitrogen and oxygen atoms in total. The van der Waals surface area contributed by atoms with Gasteiger partial charge in [-0.2, -0.15) is 0 Å². The third kappa shape index (κ3) is 3.88.